The van der Waals surface area contributed by atoms with Crippen LogP contribution in [0.1, 0.15) is 24.1 Å². The first-order valence-corrected chi connectivity index (χ1v) is 7.33. The molecule has 2 aromatic carbocycles. The summed E-state index contributed by atoms with van der Waals surface area (Å²) in [6.45, 7) is 2.69. The molecule has 0 aliphatic heterocycles. The summed E-state index contributed by atoms with van der Waals surface area (Å²) in [5.41, 5.74) is 3.66. The van der Waals surface area contributed by atoms with Gasteiger partial charge in [-0.3, -0.25) is 0 Å². The van der Waals surface area contributed by atoms with Crippen molar-refractivity contribution in [2.75, 3.05) is 32.6 Å². The van der Waals surface area contributed by atoms with E-state index in [2.05, 4.69) is 60.7 Å². The van der Waals surface area contributed by atoms with Crippen molar-refractivity contribution in [1.29, 1.82) is 0 Å². The Labute approximate surface area is 127 Å². The molecule has 0 radical (unpaired) electrons. The molecule has 0 saturated heterocycles. The van der Waals surface area contributed by atoms with Crippen LogP contribution in [0, 0.1) is 0 Å². The number of anilines is 1. The predicted octanol–water partition coefficient (Wildman–Crippen LogP) is 3.46. The highest BCUT2D eigenvalue weighted by molar-refractivity contribution is 5.49. The molecule has 1 unspecified atom stereocenters. The average Bonchev–Trinajstić information content (AvgIpc) is 2.49. The van der Waals surface area contributed by atoms with Gasteiger partial charge in [-0.25, -0.2) is 0 Å². The molecular weight excluding hydrogens is 260 g/mol. The van der Waals surface area contributed by atoms with Gasteiger partial charge in [0.2, 0.25) is 0 Å². The lowest BCUT2D eigenvalue weighted by atomic mass is 9.98. The molecule has 0 heterocycles. The highest BCUT2D eigenvalue weighted by Gasteiger charge is 2.13. The third-order valence-corrected chi connectivity index (χ3v) is 3.51. The molecule has 2 rings (SSSR count). The van der Waals surface area contributed by atoms with Crippen LogP contribution >= 0.6 is 0 Å². The second kappa shape index (κ2) is 7.14. The van der Waals surface area contributed by atoms with E-state index in [4.69, 9.17) is 4.74 Å². The molecule has 0 aliphatic rings. The van der Waals surface area contributed by atoms with E-state index in [0.29, 0.717) is 6.61 Å². The van der Waals surface area contributed by atoms with Gasteiger partial charge in [-0.05, 0) is 49.4 Å². The fourth-order valence-corrected chi connectivity index (χ4v) is 2.46. The first-order chi connectivity index (χ1) is 10.2. The molecule has 21 heavy (non-hydrogen) atoms. The quantitative estimate of drug-likeness (QED) is 0.879. The summed E-state index contributed by atoms with van der Waals surface area (Å²) in [5, 5.41) is 3.40. The summed E-state index contributed by atoms with van der Waals surface area (Å²) < 4.78 is 5.60. The van der Waals surface area contributed by atoms with Gasteiger partial charge in [-0.2, -0.15) is 0 Å². The zero-order chi connectivity index (χ0) is 15.2. The molecule has 112 valence electrons. The van der Waals surface area contributed by atoms with Crippen molar-refractivity contribution < 1.29 is 4.74 Å². The average molecular weight is 284 g/mol. The lowest BCUT2D eigenvalue weighted by molar-refractivity contribution is 0.339. The molecule has 0 amide bonds. The van der Waals surface area contributed by atoms with Gasteiger partial charge < -0.3 is 15.0 Å². The summed E-state index contributed by atoms with van der Waals surface area (Å²) in [5.74, 6) is 0.916. The Morgan fingerprint density at radius 1 is 1.05 bits per heavy atom. The second-order valence-electron chi connectivity index (χ2n) is 5.22. The van der Waals surface area contributed by atoms with Gasteiger partial charge in [0.05, 0.1) is 12.6 Å². The molecule has 0 fully saturated rings. The van der Waals surface area contributed by atoms with Crippen molar-refractivity contribution in [3.63, 3.8) is 0 Å². The number of hydrogen-bond acceptors (Lipinski definition) is 3. The number of benzene rings is 2. The molecule has 2 aromatic rings. The van der Waals surface area contributed by atoms with E-state index in [0.717, 1.165) is 5.75 Å². The largest absolute Gasteiger partial charge is 0.494 e. The van der Waals surface area contributed by atoms with Gasteiger partial charge in [0, 0.05) is 19.8 Å². The van der Waals surface area contributed by atoms with Crippen LogP contribution in [0.4, 0.5) is 5.69 Å². The Bertz CT molecular complexity index is 581. The fraction of sp³-hybridized carbons (Fsp3) is 0.333. The third-order valence-electron chi connectivity index (χ3n) is 3.51. The molecule has 0 bridgehead atoms. The van der Waals surface area contributed by atoms with Crippen LogP contribution in [0.2, 0.25) is 0 Å². The lowest BCUT2D eigenvalue weighted by Gasteiger charge is -2.20. The summed E-state index contributed by atoms with van der Waals surface area (Å²) >= 11 is 0. The van der Waals surface area contributed by atoms with Gasteiger partial charge in [0.25, 0.3) is 0 Å². The van der Waals surface area contributed by atoms with Crippen LogP contribution in [0.3, 0.4) is 0 Å². The summed E-state index contributed by atoms with van der Waals surface area (Å²) in [7, 11) is 6.10. The maximum atomic E-state index is 5.60. The van der Waals surface area contributed by atoms with Crippen LogP contribution in [0.5, 0.6) is 5.75 Å². The van der Waals surface area contributed by atoms with Gasteiger partial charge in [-0.15, -0.1) is 0 Å². The molecule has 0 saturated carbocycles. The predicted molar refractivity (Wildman–Crippen MR) is 89.3 cm³/mol. The van der Waals surface area contributed by atoms with E-state index in [-0.39, 0.29) is 6.04 Å². The van der Waals surface area contributed by atoms with E-state index in [9.17, 15) is 0 Å². The molecular formula is C18H24N2O. The van der Waals surface area contributed by atoms with E-state index in [1.165, 1.54) is 16.8 Å². The van der Waals surface area contributed by atoms with Crippen molar-refractivity contribution in [3.8, 4) is 5.75 Å². The van der Waals surface area contributed by atoms with Gasteiger partial charge >= 0.3 is 0 Å². The van der Waals surface area contributed by atoms with E-state index in [1.807, 2.05) is 26.1 Å². The molecule has 0 aliphatic carbocycles. The maximum absolute atomic E-state index is 5.60. The topological polar surface area (TPSA) is 24.5 Å². The number of nitrogens with zero attached hydrogens (tertiary/aromatic N) is 1. The van der Waals surface area contributed by atoms with Crippen LogP contribution in [-0.4, -0.2) is 27.7 Å². The fourth-order valence-electron chi connectivity index (χ4n) is 2.46. The van der Waals surface area contributed by atoms with Gasteiger partial charge in [0.15, 0.2) is 0 Å². The minimum Gasteiger partial charge on any atom is -0.494 e. The Kier molecular flexibility index (Phi) is 5.23. The van der Waals surface area contributed by atoms with E-state index in [1.54, 1.807) is 0 Å². The Hall–Kier alpha value is -2.00. The monoisotopic (exact) mass is 284 g/mol. The number of nitrogens with one attached hydrogen (secondary N) is 1. The first-order valence-electron chi connectivity index (χ1n) is 7.33. The van der Waals surface area contributed by atoms with Crippen LogP contribution in [0.15, 0.2) is 48.5 Å². The number of rotatable bonds is 6. The number of ether oxygens (including phenoxy) is 1. The van der Waals surface area contributed by atoms with Crippen molar-refractivity contribution in [1.82, 2.24) is 5.32 Å². The van der Waals surface area contributed by atoms with Crippen LogP contribution in [-0.2, 0) is 0 Å². The van der Waals surface area contributed by atoms with Crippen molar-refractivity contribution >= 4 is 5.69 Å². The molecule has 3 heteroatoms. The molecule has 3 nitrogen and oxygen atoms in total. The minimum absolute atomic E-state index is 0.158. The maximum Gasteiger partial charge on any atom is 0.119 e. The summed E-state index contributed by atoms with van der Waals surface area (Å²) in [6.07, 6.45) is 0. The summed E-state index contributed by atoms with van der Waals surface area (Å²) in [4.78, 5) is 2.12. The smallest absolute Gasteiger partial charge is 0.119 e. The molecule has 1 N–H and O–H groups in total. The normalized spacial score (nSPS) is 12.0. The highest BCUT2D eigenvalue weighted by atomic mass is 16.5. The highest BCUT2D eigenvalue weighted by Crippen LogP contribution is 2.27. The van der Waals surface area contributed by atoms with Crippen molar-refractivity contribution in [2.45, 2.75) is 13.0 Å². The SMILES string of the molecule is CCOc1cccc(C(NC)c2cccc(N(C)C)c2)c1. The standard InChI is InChI=1S/C18H24N2O/c1-5-21-17-11-7-9-15(13-17)18(19-2)14-8-6-10-16(12-14)20(3)4/h6-13,18-19H,5H2,1-4H3. The van der Waals surface area contributed by atoms with Crippen molar-refractivity contribution in [2.24, 2.45) is 0 Å². The van der Waals surface area contributed by atoms with Gasteiger partial charge in [-0.1, -0.05) is 24.3 Å². The Morgan fingerprint density at radius 3 is 2.33 bits per heavy atom. The lowest BCUT2D eigenvalue weighted by Crippen LogP contribution is -2.18. The Balaban J connectivity index is 2.35. The zero-order valence-electron chi connectivity index (χ0n) is 13.3. The molecule has 0 spiro atoms. The molecule has 0 aromatic heterocycles. The van der Waals surface area contributed by atoms with E-state index >= 15 is 0 Å². The van der Waals surface area contributed by atoms with Crippen LogP contribution in [0.25, 0.3) is 0 Å². The van der Waals surface area contributed by atoms with Crippen LogP contribution < -0.4 is 15.0 Å². The Morgan fingerprint density at radius 2 is 1.71 bits per heavy atom. The zero-order valence-corrected chi connectivity index (χ0v) is 13.3. The van der Waals surface area contributed by atoms with Crippen molar-refractivity contribution in [3.05, 3.63) is 59.7 Å². The summed E-state index contributed by atoms with van der Waals surface area (Å²) in [6, 6.07) is 17.0. The number of hydrogen-bond donors (Lipinski definition) is 1. The second-order valence-corrected chi connectivity index (χ2v) is 5.22. The third kappa shape index (κ3) is 3.76. The first kappa shape index (κ1) is 15.4. The van der Waals surface area contributed by atoms with Gasteiger partial charge in [0.1, 0.15) is 5.75 Å². The minimum atomic E-state index is 0.158. The molecule has 1 atom stereocenters. The van der Waals surface area contributed by atoms with E-state index < -0.39 is 0 Å².